The molecular weight excluding hydrogens is 584 g/mol. The van der Waals surface area contributed by atoms with E-state index in [0.29, 0.717) is 0 Å². The van der Waals surface area contributed by atoms with Crippen LogP contribution in [0.15, 0.2) is 7.57 Å². The molecule has 0 aliphatic carbocycles. The number of rotatable bonds is 22. The summed E-state index contributed by atoms with van der Waals surface area (Å²) in [7, 11) is 0. The van der Waals surface area contributed by atoms with Crippen LogP contribution in [0.4, 0.5) is 0 Å². The summed E-state index contributed by atoms with van der Waals surface area (Å²) in [5.41, 5.74) is 3.17. The van der Waals surface area contributed by atoms with E-state index in [1.807, 2.05) is 22.7 Å². The maximum Gasteiger partial charge on any atom is 0.0751 e. The maximum absolute atomic E-state index is 3.91. The van der Waals surface area contributed by atoms with Gasteiger partial charge in [-0.2, -0.15) is 0 Å². The van der Waals surface area contributed by atoms with E-state index in [-0.39, 0.29) is 0 Å². The highest BCUT2D eigenvalue weighted by Crippen LogP contribution is 2.46. The summed E-state index contributed by atoms with van der Waals surface area (Å²) in [4.78, 5) is 0. The van der Waals surface area contributed by atoms with Crippen molar-refractivity contribution < 1.29 is 0 Å². The van der Waals surface area contributed by atoms with E-state index in [4.69, 9.17) is 0 Å². The molecule has 2 aromatic rings. The molecule has 196 valence electrons. The van der Waals surface area contributed by atoms with Crippen LogP contribution in [0, 0.1) is 0 Å². The molecule has 0 aliphatic rings. The molecule has 2 rings (SSSR count). The first kappa shape index (κ1) is 30.8. The van der Waals surface area contributed by atoms with Gasteiger partial charge in [-0.05, 0) is 68.7 Å². The number of thiophene rings is 2. The topological polar surface area (TPSA) is 0 Å². The molecule has 0 spiro atoms. The quantitative estimate of drug-likeness (QED) is 0.113. The van der Waals surface area contributed by atoms with Gasteiger partial charge in [0.15, 0.2) is 0 Å². The van der Waals surface area contributed by atoms with Crippen LogP contribution in [-0.4, -0.2) is 0 Å². The molecule has 0 fully saturated rings. The number of hydrogen-bond acceptors (Lipinski definition) is 2. The zero-order valence-electron chi connectivity index (χ0n) is 22.1. The molecule has 0 nitrogen and oxygen atoms in total. The molecule has 0 aliphatic heterocycles. The van der Waals surface area contributed by atoms with E-state index >= 15 is 0 Å². The van der Waals surface area contributed by atoms with Crippen molar-refractivity contribution in [2.24, 2.45) is 0 Å². The number of unbranched alkanes of at least 4 members (excludes halogenated alkanes) is 18. The van der Waals surface area contributed by atoms with Gasteiger partial charge in [-0.15, -0.1) is 22.7 Å². The minimum absolute atomic E-state index is 1.24. The minimum atomic E-state index is 1.24. The highest BCUT2D eigenvalue weighted by atomic mass is 79.9. The Labute approximate surface area is 236 Å². The fraction of sp³-hybridized carbons (Fsp3) is 0.800. The Morgan fingerprint density at radius 2 is 0.676 bits per heavy atom. The molecule has 2 heterocycles. The van der Waals surface area contributed by atoms with E-state index in [0.717, 1.165) is 0 Å². The van der Waals surface area contributed by atoms with Crippen molar-refractivity contribution in [2.45, 2.75) is 155 Å². The van der Waals surface area contributed by atoms with Gasteiger partial charge in [-0.1, -0.05) is 129 Å². The summed E-state index contributed by atoms with van der Waals surface area (Å²) in [6.07, 6.45) is 30.7. The van der Waals surface area contributed by atoms with Crippen molar-refractivity contribution >= 4 is 63.9 Å². The summed E-state index contributed by atoms with van der Waals surface area (Å²) in [5, 5.41) is 0. The van der Waals surface area contributed by atoms with Crippen molar-refractivity contribution in [1.82, 2.24) is 0 Å². The van der Waals surface area contributed by atoms with Crippen LogP contribution in [0.25, 0.3) is 9.40 Å². The minimum Gasteiger partial charge on any atom is -0.127 e. The van der Waals surface area contributed by atoms with Crippen LogP contribution in [0.1, 0.15) is 153 Å². The zero-order valence-corrected chi connectivity index (χ0v) is 26.9. The van der Waals surface area contributed by atoms with Crippen LogP contribution in [0.3, 0.4) is 0 Å². The van der Waals surface area contributed by atoms with Gasteiger partial charge in [0.2, 0.25) is 0 Å². The molecule has 0 atom stereocenters. The van der Waals surface area contributed by atoms with Crippen LogP contribution < -0.4 is 0 Å². The molecule has 0 N–H and O–H groups in total. The SMILES string of the molecule is CCCCCCCCCCCCc1c(Br)sc2c(CCCCCCCCCCCC)c(Br)sc12. The van der Waals surface area contributed by atoms with Gasteiger partial charge in [0.05, 0.1) is 17.0 Å². The van der Waals surface area contributed by atoms with Gasteiger partial charge in [-0.3, -0.25) is 0 Å². The Morgan fingerprint density at radius 3 is 0.971 bits per heavy atom. The number of halogens is 2. The van der Waals surface area contributed by atoms with Gasteiger partial charge in [0.1, 0.15) is 0 Å². The lowest BCUT2D eigenvalue weighted by atomic mass is 10.0. The van der Waals surface area contributed by atoms with Crippen LogP contribution in [-0.2, 0) is 12.8 Å². The first-order chi connectivity index (χ1) is 16.7. The monoisotopic (exact) mass is 632 g/mol. The summed E-state index contributed by atoms with van der Waals surface area (Å²) in [5.74, 6) is 0. The molecule has 0 saturated heterocycles. The van der Waals surface area contributed by atoms with E-state index in [2.05, 4.69) is 45.7 Å². The van der Waals surface area contributed by atoms with Gasteiger partial charge in [-0.25, -0.2) is 0 Å². The second-order valence-electron chi connectivity index (χ2n) is 10.2. The highest BCUT2D eigenvalue weighted by molar-refractivity contribution is 9.11. The first-order valence-electron chi connectivity index (χ1n) is 14.6. The largest absolute Gasteiger partial charge is 0.127 e. The van der Waals surface area contributed by atoms with Crippen molar-refractivity contribution in [1.29, 1.82) is 0 Å². The number of aryl methyl sites for hydroxylation is 2. The molecule has 2 aromatic heterocycles. The lowest BCUT2D eigenvalue weighted by Gasteiger charge is -2.03. The summed E-state index contributed by atoms with van der Waals surface area (Å²) in [6, 6.07) is 0. The van der Waals surface area contributed by atoms with E-state index in [1.165, 1.54) is 149 Å². The van der Waals surface area contributed by atoms with Crippen LogP contribution >= 0.6 is 54.5 Å². The van der Waals surface area contributed by atoms with E-state index < -0.39 is 0 Å². The molecule has 0 unspecified atom stereocenters. The standard InChI is InChI=1S/C30H50Br2S2/c1-3-5-7-9-11-13-15-17-19-21-23-25-27-28(34-29(25)31)26(30(32)33-27)24-22-20-18-16-14-12-10-8-6-4-2/h3-24H2,1-2H3. The predicted molar refractivity (Wildman–Crippen MR) is 166 cm³/mol. The number of fused-ring (bicyclic) bond motifs is 1. The lowest BCUT2D eigenvalue weighted by Crippen LogP contribution is -1.86. The molecule has 0 bridgehead atoms. The molecule has 0 saturated carbocycles. The highest BCUT2D eigenvalue weighted by Gasteiger charge is 2.18. The summed E-state index contributed by atoms with van der Waals surface area (Å²) < 4.78 is 5.89. The van der Waals surface area contributed by atoms with Crippen molar-refractivity contribution in [2.75, 3.05) is 0 Å². The Hall–Kier alpha value is 0.620. The maximum atomic E-state index is 3.91. The fourth-order valence-corrected chi connectivity index (χ4v) is 9.48. The van der Waals surface area contributed by atoms with Crippen molar-refractivity contribution in [3.8, 4) is 0 Å². The van der Waals surface area contributed by atoms with Gasteiger partial charge >= 0.3 is 0 Å². The third kappa shape index (κ3) is 11.8. The molecule has 0 aromatic carbocycles. The normalized spacial score (nSPS) is 11.8. The van der Waals surface area contributed by atoms with Gasteiger partial charge < -0.3 is 0 Å². The molecular formula is C30H50Br2S2. The third-order valence-corrected chi connectivity index (χ3v) is 11.4. The average Bonchev–Trinajstić information content (AvgIpc) is 3.29. The summed E-state index contributed by atoms with van der Waals surface area (Å²) in [6.45, 7) is 4.60. The Balaban J connectivity index is 1.64. The Bertz CT molecular complexity index is 698. The number of hydrogen-bond donors (Lipinski definition) is 0. The molecule has 4 heteroatoms. The third-order valence-electron chi connectivity index (χ3n) is 7.17. The fourth-order valence-electron chi connectivity index (χ4n) is 4.97. The van der Waals surface area contributed by atoms with Gasteiger partial charge in [0, 0.05) is 0 Å². The first-order valence-corrected chi connectivity index (χ1v) is 17.8. The molecule has 0 amide bonds. The Kier molecular flexibility index (Phi) is 17.9. The lowest BCUT2D eigenvalue weighted by molar-refractivity contribution is 0.556. The second-order valence-corrected chi connectivity index (χ2v) is 14.9. The van der Waals surface area contributed by atoms with E-state index in [1.54, 1.807) is 20.5 Å². The average molecular weight is 635 g/mol. The predicted octanol–water partition coefficient (Wildman–Crippen LogP) is 13.4. The molecule has 34 heavy (non-hydrogen) atoms. The van der Waals surface area contributed by atoms with Crippen molar-refractivity contribution in [3.63, 3.8) is 0 Å². The summed E-state index contributed by atoms with van der Waals surface area (Å²) >= 11 is 11.8. The second kappa shape index (κ2) is 19.7. The smallest absolute Gasteiger partial charge is 0.0751 e. The zero-order chi connectivity index (χ0) is 24.4. The van der Waals surface area contributed by atoms with Crippen LogP contribution in [0.2, 0.25) is 0 Å². The van der Waals surface area contributed by atoms with Gasteiger partial charge in [0.25, 0.3) is 0 Å². The Morgan fingerprint density at radius 1 is 0.412 bits per heavy atom. The van der Waals surface area contributed by atoms with E-state index in [9.17, 15) is 0 Å². The van der Waals surface area contributed by atoms with Crippen molar-refractivity contribution in [3.05, 3.63) is 18.7 Å². The van der Waals surface area contributed by atoms with Crippen LogP contribution in [0.5, 0.6) is 0 Å². The molecule has 0 radical (unpaired) electrons.